The molecule has 2 atom stereocenters. The van der Waals surface area contributed by atoms with E-state index >= 15 is 0 Å². The number of rotatable bonds is 2. The zero-order chi connectivity index (χ0) is 15.7. The van der Waals surface area contributed by atoms with E-state index in [0.717, 1.165) is 24.7 Å². The Hall–Kier alpha value is -0.180. The van der Waals surface area contributed by atoms with Crippen LogP contribution in [0.25, 0.3) is 0 Å². The highest BCUT2D eigenvalue weighted by atomic mass is 19.1. The average molecular weight is 314 g/mol. The fourth-order valence-electron chi connectivity index (χ4n) is 5.38. The summed E-state index contributed by atoms with van der Waals surface area (Å²) in [6.07, 6.45) is 8.35. The Labute approximate surface area is 133 Å². The minimum absolute atomic E-state index is 0.0696. The van der Waals surface area contributed by atoms with Crippen molar-refractivity contribution in [1.29, 1.82) is 0 Å². The Balaban J connectivity index is 1.47. The third-order valence-corrected chi connectivity index (χ3v) is 7.09. The Morgan fingerprint density at radius 2 is 1.00 bits per heavy atom. The zero-order valence-corrected chi connectivity index (χ0v) is 13.9. The summed E-state index contributed by atoms with van der Waals surface area (Å²) in [5.41, 5.74) is 0. The van der Waals surface area contributed by atoms with Gasteiger partial charge in [-0.1, -0.05) is 6.92 Å². The summed E-state index contributed by atoms with van der Waals surface area (Å²) >= 11 is 0. The van der Waals surface area contributed by atoms with Crippen molar-refractivity contribution in [3.8, 4) is 0 Å². The van der Waals surface area contributed by atoms with Crippen molar-refractivity contribution in [3.63, 3.8) is 0 Å². The molecule has 3 aliphatic rings. The molecular formula is C19H32F2O. The van der Waals surface area contributed by atoms with Crippen molar-refractivity contribution in [3.05, 3.63) is 0 Å². The van der Waals surface area contributed by atoms with Crippen LogP contribution in [-0.2, 0) is 0 Å². The van der Waals surface area contributed by atoms with Crippen LogP contribution in [0.4, 0.5) is 8.78 Å². The molecule has 0 saturated heterocycles. The highest BCUT2D eigenvalue weighted by molar-refractivity contribution is 4.90. The van der Waals surface area contributed by atoms with E-state index in [0.29, 0.717) is 18.8 Å². The Morgan fingerprint density at radius 3 is 1.45 bits per heavy atom. The fraction of sp³-hybridized carbons (Fsp3) is 1.00. The van der Waals surface area contributed by atoms with Crippen molar-refractivity contribution in [1.82, 2.24) is 0 Å². The molecule has 0 aromatic rings. The summed E-state index contributed by atoms with van der Waals surface area (Å²) in [5.74, 6) is 2.01. The van der Waals surface area contributed by atoms with Gasteiger partial charge in [0.1, 0.15) is 12.3 Å². The van der Waals surface area contributed by atoms with Crippen LogP contribution in [0, 0.1) is 29.6 Å². The molecule has 3 aliphatic carbocycles. The maximum atomic E-state index is 14.0. The van der Waals surface area contributed by atoms with Gasteiger partial charge in [-0.2, -0.15) is 0 Å². The SMILES string of the molecule is CC1C(F)CC(C2CCC(C3CCC(O)CC3)CC2)CC1F. The molecule has 0 bridgehead atoms. The van der Waals surface area contributed by atoms with Crippen LogP contribution in [0.3, 0.4) is 0 Å². The molecule has 0 heterocycles. The molecule has 0 spiro atoms. The predicted octanol–water partition coefficient (Wildman–Crippen LogP) is 5.07. The topological polar surface area (TPSA) is 20.2 Å². The van der Waals surface area contributed by atoms with Gasteiger partial charge in [0.25, 0.3) is 0 Å². The van der Waals surface area contributed by atoms with Crippen molar-refractivity contribution >= 4 is 0 Å². The molecule has 3 fully saturated rings. The van der Waals surface area contributed by atoms with E-state index in [1.807, 2.05) is 0 Å². The second-order valence-corrected chi connectivity index (χ2v) is 8.37. The van der Waals surface area contributed by atoms with E-state index in [4.69, 9.17) is 0 Å². The Bertz CT molecular complexity index is 333. The van der Waals surface area contributed by atoms with Crippen LogP contribution in [0.15, 0.2) is 0 Å². The smallest absolute Gasteiger partial charge is 0.106 e. The van der Waals surface area contributed by atoms with E-state index in [2.05, 4.69) is 0 Å². The lowest BCUT2D eigenvalue weighted by atomic mass is 9.65. The summed E-state index contributed by atoms with van der Waals surface area (Å²) in [6.45, 7) is 1.72. The molecule has 0 amide bonds. The molecule has 3 heteroatoms. The van der Waals surface area contributed by atoms with Gasteiger partial charge in [0, 0.05) is 5.92 Å². The summed E-state index contributed by atoms with van der Waals surface area (Å²) < 4.78 is 27.9. The van der Waals surface area contributed by atoms with Crippen LogP contribution in [0.1, 0.15) is 71.1 Å². The number of aliphatic hydroxyl groups is 1. The van der Waals surface area contributed by atoms with Crippen LogP contribution >= 0.6 is 0 Å². The van der Waals surface area contributed by atoms with Gasteiger partial charge >= 0.3 is 0 Å². The van der Waals surface area contributed by atoms with E-state index in [-0.39, 0.29) is 12.0 Å². The molecule has 0 aromatic carbocycles. The standard InChI is InChI=1S/C19H32F2O/c1-12-18(20)10-16(11-19(12)21)15-4-2-13(3-5-15)14-6-8-17(22)9-7-14/h12-19,22H,2-11H2,1H3. The number of hydrogen-bond acceptors (Lipinski definition) is 1. The fourth-order valence-corrected chi connectivity index (χ4v) is 5.38. The van der Waals surface area contributed by atoms with Gasteiger partial charge in [0.05, 0.1) is 6.10 Å². The van der Waals surface area contributed by atoms with Crippen molar-refractivity contribution in [2.24, 2.45) is 29.6 Å². The van der Waals surface area contributed by atoms with Gasteiger partial charge in [-0.05, 0) is 87.9 Å². The monoisotopic (exact) mass is 314 g/mol. The van der Waals surface area contributed by atoms with Gasteiger partial charge in [-0.25, -0.2) is 8.78 Å². The van der Waals surface area contributed by atoms with E-state index < -0.39 is 18.3 Å². The quantitative estimate of drug-likeness (QED) is 0.755. The van der Waals surface area contributed by atoms with Gasteiger partial charge < -0.3 is 5.11 Å². The minimum Gasteiger partial charge on any atom is -0.393 e. The molecule has 1 nitrogen and oxygen atoms in total. The first-order valence-corrected chi connectivity index (χ1v) is 9.50. The Morgan fingerprint density at radius 1 is 0.636 bits per heavy atom. The van der Waals surface area contributed by atoms with E-state index in [1.54, 1.807) is 6.92 Å². The third kappa shape index (κ3) is 3.66. The molecule has 3 saturated carbocycles. The lowest BCUT2D eigenvalue weighted by Crippen LogP contribution is -2.38. The molecule has 0 radical (unpaired) electrons. The van der Waals surface area contributed by atoms with Crippen molar-refractivity contribution in [2.75, 3.05) is 0 Å². The van der Waals surface area contributed by atoms with Crippen LogP contribution in [0.5, 0.6) is 0 Å². The Kier molecular flexibility index (Phi) is 5.42. The first-order valence-electron chi connectivity index (χ1n) is 9.50. The summed E-state index contributed by atoms with van der Waals surface area (Å²) in [4.78, 5) is 0. The second-order valence-electron chi connectivity index (χ2n) is 8.37. The molecule has 22 heavy (non-hydrogen) atoms. The number of halogens is 2. The molecule has 0 aliphatic heterocycles. The summed E-state index contributed by atoms with van der Waals surface area (Å²) in [5, 5.41) is 9.64. The first kappa shape index (κ1) is 16.7. The van der Waals surface area contributed by atoms with Gasteiger partial charge in [-0.3, -0.25) is 0 Å². The van der Waals surface area contributed by atoms with Crippen molar-refractivity contribution in [2.45, 2.75) is 89.6 Å². The lowest BCUT2D eigenvalue weighted by molar-refractivity contribution is 0.0162. The highest BCUT2D eigenvalue weighted by Gasteiger charge is 2.40. The van der Waals surface area contributed by atoms with E-state index in [9.17, 15) is 13.9 Å². The highest BCUT2D eigenvalue weighted by Crippen LogP contribution is 2.46. The number of hydrogen-bond donors (Lipinski definition) is 1. The van der Waals surface area contributed by atoms with Gasteiger partial charge in [0.2, 0.25) is 0 Å². The van der Waals surface area contributed by atoms with Crippen molar-refractivity contribution < 1.29 is 13.9 Å². The summed E-state index contributed by atoms with van der Waals surface area (Å²) in [6, 6.07) is 0. The number of alkyl halides is 2. The average Bonchev–Trinajstić information content (AvgIpc) is 2.53. The maximum Gasteiger partial charge on any atom is 0.106 e. The normalized spacial score (nSPS) is 50.7. The molecule has 0 aromatic heterocycles. The molecule has 1 N–H and O–H groups in total. The first-order chi connectivity index (χ1) is 10.5. The van der Waals surface area contributed by atoms with Crippen LogP contribution in [0.2, 0.25) is 0 Å². The molecule has 128 valence electrons. The van der Waals surface area contributed by atoms with E-state index in [1.165, 1.54) is 38.5 Å². The van der Waals surface area contributed by atoms with Crippen LogP contribution in [-0.4, -0.2) is 23.6 Å². The number of aliphatic hydroxyl groups excluding tert-OH is 1. The maximum absolute atomic E-state index is 14.0. The largest absolute Gasteiger partial charge is 0.393 e. The second kappa shape index (κ2) is 7.15. The molecule has 3 rings (SSSR count). The summed E-state index contributed by atoms with van der Waals surface area (Å²) in [7, 11) is 0. The molecular weight excluding hydrogens is 282 g/mol. The zero-order valence-electron chi connectivity index (χ0n) is 13.9. The van der Waals surface area contributed by atoms with Crippen LogP contribution < -0.4 is 0 Å². The third-order valence-electron chi connectivity index (χ3n) is 7.09. The minimum atomic E-state index is -0.939. The lowest BCUT2D eigenvalue weighted by Gasteiger charge is -2.42. The van der Waals surface area contributed by atoms with Gasteiger partial charge in [0.15, 0.2) is 0 Å². The van der Waals surface area contributed by atoms with Gasteiger partial charge in [-0.15, -0.1) is 0 Å². The predicted molar refractivity (Wildman–Crippen MR) is 85.1 cm³/mol. The molecule has 2 unspecified atom stereocenters.